The lowest BCUT2D eigenvalue weighted by Gasteiger charge is -2.13. The molecule has 0 spiro atoms. The highest BCUT2D eigenvalue weighted by Gasteiger charge is 2.21. The largest absolute Gasteiger partial charge is 0.493 e. The summed E-state index contributed by atoms with van der Waals surface area (Å²) in [6, 6.07) is 1.56. The van der Waals surface area contributed by atoms with Gasteiger partial charge in [-0.3, -0.25) is 4.79 Å². The molecule has 0 aliphatic rings. The summed E-state index contributed by atoms with van der Waals surface area (Å²) in [5, 5.41) is 10.6. The van der Waals surface area contributed by atoms with Crippen LogP contribution in [0.15, 0.2) is 18.2 Å². The Morgan fingerprint density at radius 1 is 1.33 bits per heavy atom. The van der Waals surface area contributed by atoms with Crippen molar-refractivity contribution in [1.82, 2.24) is 5.32 Å². The van der Waals surface area contributed by atoms with E-state index in [1.807, 2.05) is 5.32 Å². The fraction of sp³-hybridized carbons (Fsp3) is 0.333. The van der Waals surface area contributed by atoms with Crippen LogP contribution < -0.4 is 14.8 Å². The molecule has 1 unspecified atom stereocenters. The lowest BCUT2D eigenvalue weighted by Crippen LogP contribution is -2.42. The summed E-state index contributed by atoms with van der Waals surface area (Å²) in [4.78, 5) is 22.3. The third-order valence-electron chi connectivity index (χ3n) is 2.40. The first-order valence-electron chi connectivity index (χ1n) is 5.61. The number of hydrogen-bond acceptors (Lipinski definition) is 4. The Hall–Kier alpha value is -2.45. The molecule has 1 amide bonds. The van der Waals surface area contributed by atoms with Crippen LogP contribution in [0.25, 0.3) is 0 Å². The van der Waals surface area contributed by atoms with Gasteiger partial charge in [0.15, 0.2) is 17.5 Å². The molecule has 2 N–H and O–H groups in total. The minimum atomic E-state index is -3.07. The van der Waals surface area contributed by atoms with Crippen molar-refractivity contribution in [1.29, 1.82) is 0 Å². The van der Waals surface area contributed by atoms with E-state index in [0.29, 0.717) is 0 Å². The zero-order chi connectivity index (χ0) is 16.0. The predicted molar refractivity (Wildman–Crippen MR) is 64.5 cm³/mol. The quantitative estimate of drug-likeness (QED) is 0.796. The molecule has 9 heteroatoms. The van der Waals surface area contributed by atoms with Crippen LogP contribution in [0.4, 0.5) is 13.2 Å². The number of carbonyl (C=O) groups excluding carboxylic acids is 1. The smallest absolute Gasteiger partial charge is 0.387 e. The molecule has 116 valence electrons. The number of nitrogens with one attached hydrogen (secondary N) is 1. The van der Waals surface area contributed by atoms with E-state index in [-0.39, 0.29) is 17.1 Å². The van der Waals surface area contributed by atoms with Crippen molar-refractivity contribution in [2.24, 2.45) is 0 Å². The van der Waals surface area contributed by atoms with Crippen molar-refractivity contribution in [2.75, 3.05) is 13.8 Å². The molecule has 0 aliphatic heterocycles. The number of amides is 1. The molecule has 1 rings (SSSR count). The van der Waals surface area contributed by atoms with Gasteiger partial charge in [-0.2, -0.15) is 8.78 Å². The second-order valence-electron chi connectivity index (χ2n) is 3.76. The Balaban J connectivity index is 2.93. The van der Waals surface area contributed by atoms with Gasteiger partial charge >= 0.3 is 12.6 Å². The fourth-order valence-corrected chi connectivity index (χ4v) is 1.41. The fourth-order valence-electron chi connectivity index (χ4n) is 1.41. The number of rotatable bonds is 7. The van der Waals surface area contributed by atoms with E-state index in [4.69, 9.17) is 9.84 Å². The third kappa shape index (κ3) is 4.55. The molecule has 1 aromatic carbocycles. The number of hydrogen-bond donors (Lipinski definition) is 2. The average Bonchev–Trinajstić information content (AvgIpc) is 2.43. The zero-order valence-electron chi connectivity index (χ0n) is 10.8. The highest BCUT2D eigenvalue weighted by Crippen LogP contribution is 2.29. The predicted octanol–water partition coefficient (Wildman–Crippen LogP) is 1.45. The average molecular weight is 307 g/mol. The van der Waals surface area contributed by atoms with Crippen molar-refractivity contribution >= 4 is 11.9 Å². The molecule has 0 bridgehead atoms. The Morgan fingerprint density at radius 2 is 2.00 bits per heavy atom. The number of carboxylic acid groups (broad SMARTS) is 1. The monoisotopic (exact) mass is 307 g/mol. The van der Waals surface area contributed by atoms with Crippen LogP contribution in [0.5, 0.6) is 11.5 Å². The van der Waals surface area contributed by atoms with Gasteiger partial charge < -0.3 is 19.9 Å². The molecule has 0 saturated heterocycles. The number of ether oxygens (including phenoxy) is 2. The Kier molecular flexibility index (Phi) is 5.82. The minimum absolute atomic E-state index is 0.0897. The lowest BCUT2D eigenvalue weighted by molar-refractivity contribution is -0.139. The van der Waals surface area contributed by atoms with Crippen molar-refractivity contribution in [3.8, 4) is 11.5 Å². The summed E-state index contributed by atoms with van der Waals surface area (Å²) in [6.45, 7) is -4.35. The van der Waals surface area contributed by atoms with E-state index in [9.17, 15) is 22.8 Å². The van der Waals surface area contributed by atoms with Crippen LogP contribution in [-0.2, 0) is 4.79 Å². The first kappa shape index (κ1) is 16.6. The maximum Gasteiger partial charge on any atom is 0.387 e. The molecule has 0 radical (unpaired) electrons. The van der Waals surface area contributed by atoms with Crippen molar-refractivity contribution in [3.63, 3.8) is 0 Å². The van der Waals surface area contributed by atoms with E-state index in [1.165, 1.54) is 7.11 Å². The number of methoxy groups -OCH3 is 1. The summed E-state index contributed by atoms with van der Waals surface area (Å²) in [6.07, 6.45) is 0. The van der Waals surface area contributed by atoms with Crippen LogP contribution in [-0.4, -0.2) is 43.4 Å². The highest BCUT2D eigenvalue weighted by atomic mass is 19.3. The third-order valence-corrected chi connectivity index (χ3v) is 2.40. The van der Waals surface area contributed by atoms with E-state index >= 15 is 0 Å². The molecular weight excluding hydrogens is 295 g/mol. The molecule has 0 aromatic heterocycles. The molecule has 0 saturated carbocycles. The van der Waals surface area contributed by atoms with E-state index in [0.717, 1.165) is 18.2 Å². The number of carboxylic acids is 1. The van der Waals surface area contributed by atoms with Gasteiger partial charge in [-0.25, -0.2) is 9.18 Å². The number of halogens is 3. The summed E-state index contributed by atoms with van der Waals surface area (Å²) in [7, 11) is 1.18. The van der Waals surface area contributed by atoms with Crippen LogP contribution in [0.1, 0.15) is 10.4 Å². The second-order valence-corrected chi connectivity index (χ2v) is 3.76. The summed E-state index contributed by atoms with van der Waals surface area (Å²) >= 11 is 0. The molecule has 0 fully saturated rings. The molecule has 1 aromatic rings. The Morgan fingerprint density at radius 3 is 2.48 bits per heavy atom. The van der Waals surface area contributed by atoms with Crippen LogP contribution in [0.3, 0.4) is 0 Å². The molecule has 0 aliphatic carbocycles. The topological polar surface area (TPSA) is 84.9 Å². The Bertz CT molecular complexity index is 524. The van der Waals surface area contributed by atoms with Gasteiger partial charge in [-0.1, -0.05) is 0 Å². The summed E-state index contributed by atoms with van der Waals surface area (Å²) < 4.78 is 45.6. The minimum Gasteiger partial charge on any atom is -0.493 e. The maximum atomic E-state index is 12.4. The summed E-state index contributed by atoms with van der Waals surface area (Å²) in [5.41, 5.74) is -0.0897. The highest BCUT2D eigenvalue weighted by molar-refractivity contribution is 5.97. The van der Waals surface area contributed by atoms with Gasteiger partial charge in [-0.15, -0.1) is 0 Å². The van der Waals surface area contributed by atoms with Crippen LogP contribution >= 0.6 is 0 Å². The lowest BCUT2D eigenvalue weighted by atomic mass is 10.1. The molecule has 0 heterocycles. The van der Waals surface area contributed by atoms with Crippen molar-refractivity contribution < 1.29 is 37.3 Å². The van der Waals surface area contributed by atoms with Crippen molar-refractivity contribution in [2.45, 2.75) is 12.7 Å². The van der Waals surface area contributed by atoms with E-state index in [2.05, 4.69) is 4.74 Å². The van der Waals surface area contributed by atoms with Crippen molar-refractivity contribution in [3.05, 3.63) is 23.8 Å². The number of benzene rings is 1. The maximum absolute atomic E-state index is 12.4. The normalized spacial score (nSPS) is 11.9. The first-order valence-corrected chi connectivity index (χ1v) is 5.61. The molecule has 21 heavy (non-hydrogen) atoms. The molecule has 6 nitrogen and oxygen atoms in total. The van der Waals surface area contributed by atoms with Gasteiger partial charge in [0.25, 0.3) is 5.91 Å². The van der Waals surface area contributed by atoms with Crippen LogP contribution in [0, 0.1) is 0 Å². The summed E-state index contributed by atoms with van der Waals surface area (Å²) in [5.74, 6) is -2.85. The van der Waals surface area contributed by atoms with E-state index < -0.39 is 31.2 Å². The number of aliphatic carboxylic acids is 1. The van der Waals surface area contributed by atoms with Gasteiger partial charge in [0, 0.05) is 5.56 Å². The SMILES string of the molecule is COc1cc(C(=O)NC(CF)C(=O)O)ccc1OC(F)F. The van der Waals surface area contributed by atoms with E-state index in [1.54, 1.807) is 0 Å². The van der Waals surface area contributed by atoms with Gasteiger partial charge in [0.1, 0.15) is 6.67 Å². The standard InChI is InChI=1S/C12H12F3NO5/c1-20-9-4-6(2-3-8(9)21-12(14)15)10(17)16-7(5-13)11(18)19/h2-4,7,12H,5H2,1H3,(H,16,17)(H,18,19). The van der Waals surface area contributed by atoms with Gasteiger partial charge in [-0.05, 0) is 18.2 Å². The number of carbonyl (C=O) groups is 2. The number of alkyl halides is 3. The van der Waals surface area contributed by atoms with Gasteiger partial charge in [0.2, 0.25) is 0 Å². The second kappa shape index (κ2) is 7.36. The Labute approximate surface area is 117 Å². The molecule has 1 atom stereocenters. The first-order chi connectivity index (χ1) is 9.88. The molecular formula is C12H12F3NO5. The van der Waals surface area contributed by atoms with Gasteiger partial charge in [0.05, 0.1) is 7.11 Å². The van der Waals surface area contributed by atoms with Crippen LogP contribution in [0.2, 0.25) is 0 Å². The zero-order valence-corrected chi connectivity index (χ0v) is 10.8.